The van der Waals surface area contributed by atoms with Crippen molar-refractivity contribution in [2.45, 2.75) is 71.3 Å². The van der Waals surface area contributed by atoms with Crippen LogP contribution < -0.4 is 10.5 Å². The van der Waals surface area contributed by atoms with Gasteiger partial charge in [-0.3, -0.25) is 5.41 Å². The predicted molar refractivity (Wildman–Crippen MR) is 83.9 cm³/mol. The van der Waals surface area contributed by atoms with E-state index >= 15 is 0 Å². The summed E-state index contributed by atoms with van der Waals surface area (Å²) in [6, 6.07) is 0. The van der Waals surface area contributed by atoms with Crippen molar-refractivity contribution < 1.29 is 4.74 Å². The molecule has 1 aromatic heterocycles. The molecule has 0 radical (unpaired) electrons. The van der Waals surface area contributed by atoms with E-state index in [1.165, 1.54) is 25.7 Å². The van der Waals surface area contributed by atoms with E-state index in [0.29, 0.717) is 11.4 Å². The lowest BCUT2D eigenvalue weighted by molar-refractivity contribution is 0.173. The predicted octanol–water partition coefficient (Wildman–Crippen LogP) is 2.99. The molecule has 0 atom stereocenters. The zero-order valence-corrected chi connectivity index (χ0v) is 13.1. The minimum absolute atomic E-state index is 0.0278. The summed E-state index contributed by atoms with van der Waals surface area (Å²) in [6.45, 7) is 4.09. The third-order valence-electron chi connectivity index (χ3n) is 4.16. The standard InChI is InChI=1S/C16H26N4O/c1-3-12-13(4-2)19-20-16(14(12)15(17)18)21-11-9-7-5-6-8-10-11/h11H,3-10H2,1-2H3,(H3,17,18). The molecule has 1 aliphatic rings. The number of aryl methyl sites for hydroxylation is 1. The molecule has 0 saturated heterocycles. The summed E-state index contributed by atoms with van der Waals surface area (Å²) in [6.07, 6.45) is 8.81. The Labute approximate surface area is 126 Å². The number of nitrogens with two attached hydrogens (primary N) is 1. The molecule has 1 saturated carbocycles. The van der Waals surface area contributed by atoms with Gasteiger partial charge >= 0.3 is 0 Å². The van der Waals surface area contributed by atoms with Gasteiger partial charge in [0.2, 0.25) is 5.88 Å². The van der Waals surface area contributed by atoms with Crippen LogP contribution in [0.5, 0.6) is 5.88 Å². The highest BCUT2D eigenvalue weighted by Gasteiger charge is 2.21. The lowest BCUT2D eigenvalue weighted by Crippen LogP contribution is -2.23. The molecule has 2 rings (SSSR count). The summed E-state index contributed by atoms with van der Waals surface area (Å²) in [5.41, 5.74) is 8.35. The van der Waals surface area contributed by atoms with Crippen LogP contribution in [0, 0.1) is 5.41 Å². The Hall–Kier alpha value is -1.65. The summed E-state index contributed by atoms with van der Waals surface area (Å²) in [4.78, 5) is 0. The Bertz CT molecular complexity index is 493. The van der Waals surface area contributed by atoms with Crippen LogP contribution in [0.1, 0.15) is 69.2 Å². The average Bonchev–Trinajstić information content (AvgIpc) is 2.74. The molecule has 0 amide bonds. The number of ether oxygens (including phenoxy) is 1. The highest BCUT2D eigenvalue weighted by molar-refractivity contribution is 5.98. The number of nitrogens with zero attached hydrogens (tertiary/aromatic N) is 2. The fourth-order valence-corrected chi connectivity index (χ4v) is 3.03. The molecule has 0 spiro atoms. The van der Waals surface area contributed by atoms with E-state index in [-0.39, 0.29) is 11.9 Å². The largest absolute Gasteiger partial charge is 0.473 e. The quantitative estimate of drug-likeness (QED) is 0.496. The van der Waals surface area contributed by atoms with Crippen LogP contribution in [0.15, 0.2) is 0 Å². The second kappa shape index (κ2) is 7.38. The monoisotopic (exact) mass is 290 g/mol. The van der Waals surface area contributed by atoms with Gasteiger partial charge in [-0.05, 0) is 44.1 Å². The van der Waals surface area contributed by atoms with Gasteiger partial charge in [0.15, 0.2) is 0 Å². The maximum atomic E-state index is 7.88. The molecule has 1 aromatic rings. The van der Waals surface area contributed by atoms with Crippen LogP contribution in [0.2, 0.25) is 0 Å². The second-order valence-corrected chi connectivity index (χ2v) is 5.66. The minimum atomic E-state index is 0.0278. The Kier molecular flexibility index (Phi) is 5.53. The van der Waals surface area contributed by atoms with E-state index in [9.17, 15) is 0 Å². The van der Waals surface area contributed by atoms with Gasteiger partial charge < -0.3 is 10.5 Å². The van der Waals surface area contributed by atoms with Crippen molar-refractivity contribution in [2.75, 3.05) is 0 Å². The van der Waals surface area contributed by atoms with E-state index in [1.807, 2.05) is 6.92 Å². The lowest BCUT2D eigenvalue weighted by atomic mass is 10.0. The van der Waals surface area contributed by atoms with Gasteiger partial charge in [-0.15, -0.1) is 5.10 Å². The summed E-state index contributed by atoms with van der Waals surface area (Å²) < 4.78 is 6.08. The van der Waals surface area contributed by atoms with Gasteiger partial charge in [-0.1, -0.05) is 26.7 Å². The maximum Gasteiger partial charge on any atom is 0.245 e. The molecule has 0 unspecified atom stereocenters. The molecule has 5 heteroatoms. The van der Waals surface area contributed by atoms with Crippen LogP contribution in [0.25, 0.3) is 0 Å². The Morgan fingerprint density at radius 1 is 1.14 bits per heavy atom. The van der Waals surface area contributed by atoms with Crippen LogP contribution in [0.3, 0.4) is 0 Å². The number of amidine groups is 1. The molecule has 5 nitrogen and oxygen atoms in total. The molecule has 0 aliphatic heterocycles. The van der Waals surface area contributed by atoms with Crippen LogP contribution in [-0.4, -0.2) is 22.1 Å². The molecule has 3 N–H and O–H groups in total. The Balaban J connectivity index is 2.31. The van der Waals surface area contributed by atoms with Crippen LogP contribution in [-0.2, 0) is 12.8 Å². The van der Waals surface area contributed by atoms with Crippen molar-refractivity contribution in [3.8, 4) is 5.88 Å². The second-order valence-electron chi connectivity index (χ2n) is 5.66. The third kappa shape index (κ3) is 3.71. The van der Waals surface area contributed by atoms with Crippen molar-refractivity contribution in [3.63, 3.8) is 0 Å². The maximum absolute atomic E-state index is 7.88. The summed E-state index contributed by atoms with van der Waals surface area (Å²) in [5, 5.41) is 16.4. The first-order chi connectivity index (χ1) is 10.2. The molecule has 1 fully saturated rings. The van der Waals surface area contributed by atoms with Gasteiger partial charge in [0, 0.05) is 0 Å². The minimum Gasteiger partial charge on any atom is -0.473 e. The number of nitrogen functional groups attached to an aromatic ring is 1. The average molecular weight is 290 g/mol. The first-order valence-electron chi connectivity index (χ1n) is 8.06. The highest BCUT2D eigenvalue weighted by atomic mass is 16.5. The number of nitrogens with one attached hydrogen (secondary N) is 1. The number of rotatable bonds is 5. The van der Waals surface area contributed by atoms with E-state index in [4.69, 9.17) is 15.9 Å². The van der Waals surface area contributed by atoms with Crippen molar-refractivity contribution in [3.05, 3.63) is 16.8 Å². The fraction of sp³-hybridized carbons (Fsp3) is 0.688. The third-order valence-corrected chi connectivity index (χ3v) is 4.16. The SMILES string of the molecule is CCc1nnc(OC2CCCCCC2)c(C(=N)N)c1CC. The first-order valence-corrected chi connectivity index (χ1v) is 8.06. The summed E-state index contributed by atoms with van der Waals surface area (Å²) in [7, 11) is 0. The number of hydrogen-bond acceptors (Lipinski definition) is 4. The van der Waals surface area contributed by atoms with Crippen molar-refractivity contribution in [1.82, 2.24) is 10.2 Å². The summed E-state index contributed by atoms with van der Waals surface area (Å²) >= 11 is 0. The van der Waals surface area contributed by atoms with E-state index in [0.717, 1.165) is 36.9 Å². The molecule has 1 heterocycles. The summed E-state index contributed by atoms with van der Waals surface area (Å²) in [5.74, 6) is 0.475. The topological polar surface area (TPSA) is 84.9 Å². The first kappa shape index (κ1) is 15.7. The number of hydrogen-bond donors (Lipinski definition) is 2. The van der Waals surface area contributed by atoms with Crippen molar-refractivity contribution in [2.24, 2.45) is 5.73 Å². The molecular weight excluding hydrogens is 264 g/mol. The highest BCUT2D eigenvalue weighted by Crippen LogP contribution is 2.26. The van der Waals surface area contributed by atoms with Gasteiger partial charge in [-0.2, -0.15) is 5.10 Å². The van der Waals surface area contributed by atoms with Crippen molar-refractivity contribution >= 4 is 5.84 Å². The Morgan fingerprint density at radius 2 is 1.81 bits per heavy atom. The molecule has 21 heavy (non-hydrogen) atoms. The molecule has 1 aliphatic carbocycles. The lowest BCUT2D eigenvalue weighted by Gasteiger charge is -2.20. The zero-order valence-electron chi connectivity index (χ0n) is 13.1. The molecule has 0 bridgehead atoms. The van der Waals surface area contributed by atoms with E-state index in [1.54, 1.807) is 0 Å². The van der Waals surface area contributed by atoms with Crippen molar-refractivity contribution in [1.29, 1.82) is 5.41 Å². The normalized spacial score (nSPS) is 16.5. The fourth-order valence-electron chi connectivity index (χ4n) is 3.03. The van der Waals surface area contributed by atoms with Gasteiger partial charge in [0.05, 0.1) is 11.3 Å². The van der Waals surface area contributed by atoms with E-state index < -0.39 is 0 Å². The van der Waals surface area contributed by atoms with Gasteiger partial charge in [0.1, 0.15) is 11.9 Å². The molecule has 116 valence electrons. The zero-order chi connectivity index (χ0) is 15.2. The van der Waals surface area contributed by atoms with Gasteiger partial charge in [0.25, 0.3) is 0 Å². The Morgan fingerprint density at radius 3 is 2.33 bits per heavy atom. The van der Waals surface area contributed by atoms with E-state index in [2.05, 4.69) is 17.1 Å². The van der Waals surface area contributed by atoms with Crippen LogP contribution in [0.4, 0.5) is 0 Å². The van der Waals surface area contributed by atoms with Crippen LogP contribution >= 0.6 is 0 Å². The number of aromatic nitrogens is 2. The molecule has 0 aromatic carbocycles. The molecular formula is C16H26N4O. The smallest absolute Gasteiger partial charge is 0.245 e. The van der Waals surface area contributed by atoms with Gasteiger partial charge in [-0.25, -0.2) is 0 Å².